The molecule has 2 aromatic heterocycles. The van der Waals surface area contributed by atoms with Crippen molar-refractivity contribution in [3.05, 3.63) is 139 Å². The van der Waals surface area contributed by atoms with Gasteiger partial charge in [-0.05, 0) is 101 Å². The predicted molar refractivity (Wildman–Crippen MR) is 303 cm³/mol. The summed E-state index contributed by atoms with van der Waals surface area (Å²) in [6, 6.07) is 17.7. The fourth-order valence-corrected chi connectivity index (χ4v) is 10.7. The van der Waals surface area contributed by atoms with E-state index < -0.39 is 59.4 Å². The minimum Gasteiger partial charge on any atom is -0.489 e. The first-order valence-corrected chi connectivity index (χ1v) is 30.3. The Hall–Kier alpha value is -5.80. The Bertz CT molecular complexity index is 3580. The minimum atomic E-state index is -4.71. The number of nitrogens with zero attached hydrogens (tertiary/aromatic N) is 6. The SMILES string of the molecule is CC1COc2ccccc2N1C(=O)C(Cl)Cl.CCc1cccc(C)c1N(C(=O)CCl)C(C)COC.CS(=O)(=O)c1cc(C(F)(F)F)ccc1C(=O)c1cnoc1C1CC1.Cc1nn(-c2cc(NS(C)(=O)=O)c(Cl)cc2Cl)c(=O)n1C(F)F. The second-order valence-electron chi connectivity index (χ2n) is 18.5. The van der Waals surface area contributed by atoms with Crippen molar-refractivity contribution in [2.45, 2.75) is 94.3 Å². The molecule has 1 saturated carbocycles. The van der Waals surface area contributed by atoms with Crippen molar-refractivity contribution >= 4 is 113 Å². The normalized spacial score (nSPS) is 14.5. The van der Waals surface area contributed by atoms with Gasteiger partial charge in [0.25, 0.3) is 5.91 Å². The number of halogens is 10. The molecule has 4 aromatic carbocycles. The molecule has 6 aromatic rings. The number of carbonyl (C=O) groups excluding carboxylic acids is 3. The Morgan fingerprint density at radius 1 is 0.927 bits per heavy atom. The lowest BCUT2D eigenvalue weighted by atomic mass is 10.0. The highest BCUT2D eigenvalue weighted by Gasteiger charge is 2.37. The number of hydrogen-bond acceptors (Lipinski definition) is 13. The molecular weight excluding hydrogens is 1230 g/mol. The Balaban J connectivity index is 0.000000203. The van der Waals surface area contributed by atoms with Crippen LogP contribution in [-0.2, 0) is 46.8 Å². The molecule has 0 radical (unpaired) electrons. The number of amides is 2. The third kappa shape index (κ3) is 16.7. The summed E-state index contributed by atoms with van der Waals surface area (Å²) < 4.78 is 129. The summed E-state index contributed by atoms with van der Waals surface area (Å²) in [6.07, 6.45) is 0.636. The van der Waals surface area contributed by atoms with Gasteiger partial charge in [-0.2, -0.15) is 26.6 Å². The molecule has 446 valence electrons. The number of ketones is 1. The van der Waals surface area contributed by atoms with Crippen LogP contribution < -0.4 is 24.9 Å². The maximum absolute atomic E-state index is 12.8. The van der Waals surface area contributed by atoms with Crippen LogP contribution in [0.5, 0.6) is 5.75 Å². The Kier molecular flexibility index (Phi) is 23.0. The zero-order chi connectivity index (χ0) is 61.3. The number of nitrogens with one attached hydrogen (secondary N) is 1. The number of fused-ring (bicyclic) bond motifs is 1. The lowest BCUT2D eigenvalue weighted by molar-refractivity contribution is -0.137. The van der Waals surface area contributed by atoms with Gasteiger partial charge in [-0.25, -0.2) is 26.2 Å². The zero-order valence-corrected chi connectivity index (χ0v) is 50.3. The molecular formula is C52H55Cl5F5N7O11S2. The van der Waals surface area contributed by atoms with Crippen LogP contribution in [0, 0.1) is 13.8 Å². The van der Waals surface area contributed by atoms with Gasteiger partial charge in [0.2, 0.25) is 15.9 Å². The van der Waals surface area contributed by atoms with Crippen LogP contribution in [0.3, 0.4) is 0 Å². The molecule has 8 rings (SSSR count). The van der Waals surface area contributed by atoms with Gasteiger partial charge >= 0.3 is 18.4 Å². The summed E-state index contributed by atoms with van der Waals surface area (Å²) >= 11 is 28.8. The van der Waals surface area contributed by atoms with E-state index in [1.165, 1.54) is 19.2 Å². The number of ether oxygens (including phenoxy) is 2. The number of sulfone groups is 1. The lowest BCUT2D eigenvalue weighted by Crippen LogP contribution is -2.47. The lowest BCUT2D eigenvalue weighted by Gasteiger charge is -2.35. The summed E-state index contributed by atoms with van der Waals surface area (Å²) in [4.78, 5) is 50.4. The highest BCUT2D eigenvalue weighted by atomic mass is 35.5. The van der Waals surface area contributed by atoms with E-state index >= 15 is 0 Å². The van der Waals surface area contributed by atoms with E-state index in [1.807, 2.05) is 57.2 Å². The molecule has 2 amide bonds. The summed E-state index contributed by atoms with van der Waals surface area (Å²) in [7, 11) is -6.05. The molecule has 1 fully saturated rings. The predicted octanol–water partition coefficient (Wildman–Crippen LogP) is 11.4. The van der Waals surface area contributed by atoms with Crippen LogP contribution >= 0.6 is 58.0 Å². The third-order valence-electron chi connectivity index (χ3n) is 12.1. The van der Waals surface area contributed by atoms with Gasteiger partial charge in [0.15, 0.2) is 26.2 Å². The molecule has 0 spiro atoms. The van der Waals surface area contributed by atoms with Crippen molar-refractivity contribution in [2.75, 3.05) is 53.2 Å². The highest BCUT2D eigenvalue weighted by molar-refractivity contribution is 7.92. The Morgan fingerprint density at radius 3 is 2.13 bits per heavy atom. The van der Waals surface area contributed by atoms with Crippen molar-refractivity contribution in [1.82, 2.24) is 19.5 Å². The van der Waals surface area contributed by atoms with Crippen LogP contribution in [0.2, 0.25) is 10.0 Å². The molecule has 0 saturated heterocycles. The van der Waals surface area contributed by atoms with E-state index in [-0.39, 0.29) is 78.6 Å². The van der Waals surface area contributed by atoms with Crippen molar-refractivity contribution in [1.29, 1.82) is 0 Å². The molecule has 1 aliphatic heterocycles. The summed E-state index contributed by atoms with van der Waals surface area (Å²) in [5.74, 6) is -0.293. The van der Waals surface area contributed by atoms with Gasteiger partial charge in [-0.3, -0.25) is 19.1 Å². The minimum absolute atomic E-state index is 0.0223. The molecule has 2 aliphatic rings. The number of alkyl halides is 8. The van der Waals surface area contributed by atoms with Gasteiger partial charge < -0.3 is 23.8 Å². The molecule has 0 bridgehead atoms. The van der Waals surface area contributed by atoms with E-state index in [0.29, 0.717) is 41.5 Å². The molecule has 1 aliphatic carbocycles. The molecule has 1 N–H and O–H groups in total. The van der Waals surface area contributed by atoms with E-state index in [9.17, 15) is 58.0 Å². The number of para-hydroxylation sites is 3. The monoisotopic (exact) mass is 1290 g/mol. The largest absolute Gasteiger partial charge is 0.489 e. The van der Waals surface area contributed by atoms with E-state index in [4.69, 9.17) is 72.0 Å². The van der Waals surface area contributed by atoms with Gasteiger partial charge in [0.1, 0.15) is 24.1 Å². The second kappa shape index (κ2) is 28.2. The topological polar surface area (TPSA) is 222 Å². The molecule has 3 heterocycles. The van der Waals surface area contributed by atoms with Crippen LogP contribution in [0.15, 0.2) is 93.2 Å². The number of benzene rings is 4. The van der Waals surface area contributed by atoms with Crippen molar-refractivity contribution in [3.8, 4) is 11.4 Å². The van der Waals surface area contributed by atoms with E-state index in [1.54, 1.807) is 16.9 Å². The molecule has 30 heteroatoms. The Labute approximate surface area is 494 Å². The average molecular weight is 1290 g/mol. The van der Waals surface area contributed by atoms with E-state index in [2.05, 4.69) is 28.0 Å². The molecule has 2 atom stereocenters. The van der Waals surface area contributed by atoms with Gasteiger partial charge in [-0.15, -0.1) is 16.7 Å². The maximum Gasteiger partial charge on any atom is 0.416 e. The number of methoxy groups -OCH3 is 1. The number of aromatic nitrogens is 4. The standard InChI is InChI=1S/C15H22ClNO2.C15H12F3NO4S.C11H10Cl2F2N4O3S.C11H11Cl2NO2/c1-5-13-8-6-7-11(2)15(13)17(14(18)9-16)12(3)10-19-4;1-24(21,22)12-6-9(15(16,17)18)4-5-10(12)13(20)11-7-19-23-14(11)8-2-3-8;1-5-16-19(11(20)18(5)10(14)15)9-4-8(17-23(2,21)22)6(12)3-7(9)13;1-7-6-16-9-5-3-2-4-8(9)14(7)11(15)10(12)13/h6-8,12H,5,9-10H2,1-4H3;4-8H,2-3H2,1H3;3-4,10,17H,1-2H3;2-5,7,10H,6H2,1H3. The van der Waals surface area contributed by atoms with Crippen LogP contribution in [-0.4, -0.2) is 110 Å². The fraction of sp³-hybridized carbons (Fsp3) is 0.385. The summed E-state index contributed by atoms with van der Waals surface area (Å²) in [5.41, 5.74) is 1.29. The number of rotatable bonds is 15. The number of anilines is 3. The molecule has 82 heavy (non-hydrogen) atoms. The number of sulfonamides is 1. The molecule has 18 nitrogen and oxygen atoms in total. The first-order chi connectivity index (χ1) is 38.3. The number of hydrogen-bond donors (Lipinski definition) is 1. The van der Waals surface area contributed by atoms with Crippen molar-refractivity contribution < 1.29 is 67.2 Å². The first kappa shape index (κ1) is 67.0. The quantitative estimate of drug-likeness (QED) is 0.0575. The summed E-state index contributed by atoms with van der Waals surface area (Å²) in [5, 5.41) is 7.18. The van der Waals surface area contributed by atoms with Crippen LogP contribution in [0.4, 0.5) is 39.0 Å². The van der Waals surface area contributed by atoms with Crippen molar-refractivity contribution in [2.24, 2.45) is 0 Å². The maximum atomic E-state index is 12.8. The zero-order valence-electron chi connectivity index (χ0n) is 44.9. The van der Waals surface area contributed by atoms with Crippen LogP contribution in [0.1, 0.15) is 90.3 Å². The Morgan fingerprint density at radius 2 is 1.59 bits per heavy atom. The van der Waals surface area contributed by atoms with Gasteiger partial charge in [-0.1, -0.05) is 88.8 Å². The molecule has 2 unspecified atom stereocenters. The van der Waals surface area contributed by atoms with Crippen molar-refractivity contribution in [3.63, 3.8) is 0 Å². The smallest absolute Gasteiger partial charge is 0.416 e. The first-order valence-electron chi connectivity index (χ1n) is 24.4. The highest BCUT2D eigenvalue weighted by Crippen LogP contribution is 2.43. The third-order valence-corrected chi connectivity index (χ3v) is 15.1. The fourth-order valence-electron chi connectivity index (χ4n) is 8.30. The number of aryl methyl sites for hydroxylation is 3. The van der Waals surface area contributed by atoms with Gasteiger partial charge in [0.05, 0.1) is 80.0 Å². The summed E-state index contributed by atoms with van der Waals surface area (Å²) in [6.45, 7) is 7.05. The number of carbonyl (C=O) groups is 3. The van der Waals surface area contributed by atoms with Gasteiger partial charge in [0, 0.05) is 24.8 Å². The van der Waals surface area contributed by atoms with E-state index in [0.717, 1.165) is 66.4 Å². The second-order valence-corrected chi connectivity index (χ2v) is 24.4. The van der Waals surface area contributed by atoms with Crippen LogP contribution in [0.25, 0.3) is 5.69 Å². The average Bonchev–Trinajstić information content (AvgIpc) is 4.21.